The first-order valence-corrected chi connectivity index (χ1v) is 12.1. The minimum atomic E-state index is -3.96. The molecule has 3 amide bonds. The number of benzene rings is 1. The second-order valence-electron chi connectivity index (χ2n) is 8.07. The van der Waals surface area contributed by atoms with Gasteiger partial charge in [0.25, 0.3) is 10.0 Å². The van der Waals surface area contributed by atoms with Gasteiger partial charge in [-0.2, -0.15) is 0 Å². The van der Waals surface area contributed by atoms with E-state index in [0.29, 0.717) is 32.7 Å². The van der Waals surface area contributed by atoms with Crippen molar-refractivity contribution >= 4 is 22.0 Å². The van der Waals surface area contributed by atoms with Gasteiger partial charge < -0.3 is 14.7 Å². The average Bonchev–Trinajstić information content (AvgIpc) is 2.74. The van der Waals surface area contributed by atoms with Crippen LogP contribution in [0.3, 0.4) is 0 Å². The van der Waals surface area contributed by atoms with Gasteiger partial charge in [-0.15, -0.1) is 0 Å². The summed E-state index contributed by atoms with van der Waals surface area (Å²) in [5.41, 5.74) is 0.959. The van der Waals surface area contributed by atoms with Crippen LogP contribution in [0, 0.1) is 6.92 Å². The zero-order valence-corrected chi connectivity index (χ0v) is 18.7. The molecule has 30 heavy (non-hydrogen) atoms. The molecule has 0 spiro atoms. The molecule has 0 aliphatic carbocycles. The van der Waals surface area contributed by atoms with Crippen LogP contribution in [-0.2, 0) is 14.8 Å². The van der Waals surface area contributed by atoms with Crippen molar-refractivity contribution in [2.45, 2.75) is 38.0 Å². The highest BCUT2D eigenvalue weighted by Crippen LogP contribution is 2.20. The zero-order valence-electron chi connectivity index (χ0n) is 17.9. The molecule has 3 rings (SSSR count). The minimum absolute atomic E-state index is 0.0312. The molecule has 0 bridgehead atoms. The van der Waals surface area contributed by atoms with Crippen molar-refractivity contribution in [3.05, 3.63) is 29.8 Å². The van der Waals surface area contributed by atoms with Crippen LogP contribution < -0.4 is 0 Å². The van der Waals surface area contributed by atoms with E-state index in [1.54, 1.807) is 34.1 Å². The summed E-state index contributed by atoms with van der Waals surface area (Å²) in [4.78, 5) is 30.4. The van der Waals surface area contributed by atoms with E-state index in [1.165, 1.54) is 13.3 Å². The first kappa shape index (κ1) is 22.6. The van der Waals surface area contributed by atoms with Gasteiger partial charge in [0.1, 0.15) is 0 Å². The number of carbonyl (C=O) groups excluding carboxylic acids is 2. The number of urea groups is 1. The fourth-order valence-electron chi connectivity index (χ4n) is 3.94. The number of rotatable bonds is 5. The zero-order chi connectivity index (χ0) is 21.7. The highest BCUT2D eigenvalue weighted by atomic mass is 32.2. The van der Waals surface area contributed by atoms with Gasteiger partial charge in [0, 0.05) is 39.6 Å². The Morgan fingerprint density at radius 3 is 2.03 bits per heavy atom. The first-order valence-electron chi connectivity index (χ1n) is 10.7. The van der Waals surface area contributed by atoms with E-state index in [2.05, 4.69) is 4.90 Å². The predicted molar refractivity (Wildman–Crippen MR) is 115 cm³/mol. The van der Waals surface area contributed by atoms with E-state index in [0.717, 1.165) is 35.8 Å². The highest BCUT2D eigenvalue weighted by molar-refractivity contribution is 7.89. The molecule has 2 fully saturated rings. The van der Waals surface area contributed by atoms with Crippen LogP contribution in [0.15, 0.2) is 29.2 Å². The summed E-state index contributed by atoms with van der Waals surface area (Å²) in [7, 11) is -3.96. The Bertz CT molecular complexity index is 842. The molecule has 0 aromatic heterocycles. The van der Waals surface area contributed by atoms with Crippen LogP contribution in [0.4, 0.5) is 4.79 Å². The Hall–Kier alpha value is -2.13. The Labute approximate surface area is 179 Å². The normalized spacial score (nSPS) is 18.3. The summed E-state index contributed by atoms with van der Waals surface area (Å²) in [5, 5.41) is 0. The van der Waals surface area contributed by atoms with Gasteiger partial charge in [0.15, 0.2) is 0 Å². The molecule has 1 aromatic rings. The van der Waals surface area contributed by atoms with Crippen LogP contribution in [0.1, 0.15) is 31.7 Å². The second-order valence-corrected chi connectivity index (χ2v) is 9.93. The number of aryl methyl sites for hydroxylation is 1. The van der Waals surface area contributed by atoms with Crippen LogP contribution in [0.5, 0.6) is 0 Å². The lowest BCUT2D eigenvalue weighted by Gasteiger charge is -2.37. The maximum absolute atomic E-state index is 13.4. The maximum Gasteiger partial charge on any atom is 0.334 e. The smallest absolute Gasteiger partial charge is 0.334 e. The van der Waals surface area contributed by atoms with Crippen LogP contribution in [-0.4, -0.2) is 91.7 Å². The van der Waals surface area contributed by atoms with E-state index in [4.69, 9.17) is 0 Å². The molecule has 2 saturated heterocycles. The van der Waals surface area contributed by atoms with Crippen molar-refractivity contribution in [1.29, 1.82) is 0 Å². The van der Waals surface area contributed by atoms with Gasteiger partial charge in [0.05, 0.1) is 11.4 Å². The molecular weight excluding hydrogens is 404 g/mol. The van der Waals surface area contributed by atoms with Crippen LogP contribution in [0.2, 0.25) is 0 Å². The second kappa shape index (κ2) is 9.78. The Morgan fingerprint density at radius 2 is 1.47 bits per heavy atom. The standard InChI is InChI=1S/C21H32N4O4S/c1-18-6-8-20(9-7-18)30(28,29)25(17-12-22-10-4-3-5-11-22)21(27)24-15-13-23(14-16-24)19(2)26/h6-9H,3-5,10-17H2,1-2H3. The lowest BCUT2D eigenvalue weighted by atomic mass is 10.1. The van der Waals surface area contributed by atoms with Crippen molar-refractivity contribution in [1.82, 2.24) is 19.0 Å². The van der Waals surface area contributed by atoms with Gasteiger partial charge in [0.2, 0.25) is 5.91 Å². The third-order valence-corrected chi connectivity index (χ3v) is 7.67. The van der Waals surface area contributed by atoms with E-state index >= 15 is 0 Å². The number of piperidine rings is 1. The highest BCUT2D eigenvalue weighted by Gasteiger charge is 2.34. The third-order valence-electron chi connectivity index (χ3n) is 5.89. The molecule has 0 atom stereocenters. The number of hydrogen-bond acceptors (Lipinski definition) is 5. The van der Waals surface area contributed by atoms with E-state index in [-0.39, 0.29) is 17.3 Å². The fourth-order valence-corrected chi connectivity index (χ4v) is 5.32. The van der Waals surface area contributed by atoms with Crippen molar-refractivity contribution in [2.24, 2.45) is 0 Å². The molecule has 0 unspecified atom stereocenters. The Kier molecular flexibility index (Phi) is 7.36. The SMILES string of the molecule is CC(=O)N1CCN(C(=O)N(CCN2CCCCC2)S(=O)(=O)c2ccc(C)cc2)CC1. The number of amides is 3. The van der Waals surface area contributed by atoms with E-state index in [9.17, 15) is 18.0 Å². The minimum Gasteiger partial charge on any atom is -0.339 e. The Morgan fingerprint density at radius 1 is 0.900 bits per heavy atom. The maximum atomic E-state index is 13.4. The molecule has 2 aliphatic heterocycles. The topological polar surface area (TPSA) is 81.2 Å². The van der Waals surface area contributed by atoms with Gasteiger partial charge >= 0.3 is 6.03 Å². The number of sulfonamides is 1. The number of hydrogen-bond donors (Lipinski definition) is 0. The summed E-state index contributed by atoms with van der Waals surface area (Å²) in [6, 6.07) is 6.09. The summed E-state index contributed by atoms with van der Waals surface area (Å²) < 4.78 is 27.8. The average molecular weight is 437 g/mol. The molecule has 0 radical (unpaired) electrons. The van der Waals surface area contributed by atoms with Crippen molar-refractivity contribution < 1.29 is 18.0 Å². The molecule has 0 N–H and O–H groups in total. The monoisotopic (exact) mass is 436 g/mol. The van der Waals surface area contributed by atoms with Gasteiger partial charge in [-0.25, -0.2) is 17.5 Å². The van der Waals surface area contributed by atoms with E-state index < -0.39 is 16.1 Å². The largest absolute Gasteiger partial charge is 0.339 e. The molecule has 9 heteroatoms. The van der Waals surface area contributed by atoms with E-state index in [1.807, 2.05) is 6.92 Å². The molecule has 1 aromatic carbocycles. The quantitative estimate of drug-likeness (QED) is 0.703. The molecule has 8 nitrogen and oxygen atoms in total. The lowest BCUT2D eigenvalue weighted by molar-refractivity contribution is -0.130. The molecule has 2 aliphatic rings. The third kappa shape index (κ3) is 5.31. The lowest BCUT2D eigenvalue weighted by Crippen LogP contribution is -2.55. The van der Waals surface area contributed by atoms with Gasteiger partial charge in [-0.05, 0) is 45.0 Å². The summed E-state index contributed by atoms with van der Waals surface area (Å²) in [5.74, 6) is -0.0312. The molecule has 0 saturated carbocycles. The van der Waals surface area contributed by atoms with Crippen molar-refractivity contribution in [2.75, 3.05) is 52.4 Å². The Balaban J connectivity index is 1.78. The van der Waals surface area contributed by atoms with Crippen molar-refractivity contribution in [3.8, 4) is 0 Å². The molecule has 2 heterocycles. The summed E-state index contributed by atoms with van der Waals surface area (Å²) in [6.07, 6.45) is 3.40. The number of nitrogens with zero attached hydrogens (tertiary/aromatic N) is 4. The molecular formula is C21H32N4O4S. The summed E-state index contributed by atoms with van der Waals surface area (Å²) in [6.45, 7) is 7.44. The van der Waals surface area contributed by atoms with Crippen LogP contribution in [0.25, 0.3) is 0 Å². The van der Waals surface area contributed by atoms with Gasteiger partial charge in [-0.1, -0.05) is 24.1 Å². The molecule has 166 valence electrons. The van der Waals surface area contributed by atoms with Crippen LogP contribution >= 0.6 is 0 Å². The number of carbonyl (C=O) groups is 2. The fraction of sp³-hybridized carbons (Fsp3) is 0.619. The number of piperazine rings is 1. The number of likely N-dealkylation sites (tertiary alicyclic amines) is 1. The predicted octanol–water partition coefficient (Wildman–Crippen LogP) is 1.76. The summed E-state index contributed by atoms with van der Waals surface area (Å²) >= 11 is 0. The van der Waals surface area contributed by atoms with Crippen molar-refractivity contribution in [3.63, 3.8) is 0 Å². The van der Waals surface area contributed by atoms with Gasteiger partial charge in [-0.3, -0.25) is 4.79 Å². The first-order chi connectivity index (χ1) is 14.3.